The highest BCUT2D eigenvalue weighted by Gasteiger charge is 2.62. The van der Waals surface area contributed by atoms with Crippen molar-refractivity contribution in [3.63, 3.8) is 0 Å². The molecular formula is C24H40O3. The van der Waals surface area contributed by atoms with Gasteiger partial charge in [0.2, 0.25) is 0 Å². The molecule has 4 rings (SSSR count). The molecule has 0 radical (unpaired) electrons. The molecule has 8 unspecified atom stereocenters. The first kappa shape index (κ1) is 19.7. The Hall–Kier alpha value is -0.570. The van der Waals surface area contributed by atoms with Crippen LogP contribution in [0.4, 0.5) is 0 Å². The smallest absolute Gasteiger partial charge is 0.311 e. The number of ether oxygens (including phenoxy) is 2. The minimum atomic E-state index is -0.417. The van der Waals surface area contributed by atoms with E-state index in [1.54, 1.807) is 0 Å². The molecule has 0 spiro atoms. The van der Waals surface area contributed by atoms with Gasteiger partial charge in [-0.2, -0.15) is 0 Å². The van der Waals surface area contributed by atoms with Crippen molar-refractivity contribution < 1.29 is 14.3 Å². The van der Waals surface area contributed by atoms with Crippen LogP contribution in [0.3, 0.4) is 0 Å². The van der Waals surface area contributed by atoms with Gasteiger partial charge < -0.3 is 9.47 Å². The van der Waals surface area contributed by atoms with Gasteiger partial charge in [0.15, 0.2) is 6.29 Å². The zero-order valence-corrected chi connectivity index (χ0v) is 18.2. The third-order valence-electron chi connectivity index (χ3n) is 8.26. The van der Waals surface area contributed by atoms with Gasteiger partial charge in [-0.1, -0.05) is 34.6 Å². The SMILES string of the molecule is CC(OC(=O)C(CC(C)(C)C)C(C)C)OC1CC2CC1C1C3CC[C@@H](C3)C21. The Morgan fingerprint density at radius 1 is 0.963 bits per heavy atom. The second-order valence-corrected chi connectivity index (χ2v) is 11.7. The molecule has 9 atom stereocenters. The highest BCUT2D eigenvalue weighted by atomic mass is 16.7. The van der Waals surface area contributed by atoms with E-state index in [-0.39, 0.29) is 17.3 Å². The van der Waals surface area contributed by atoms with Gasteiger partial charge in [-0.05, 0) is 92.3 Å². The fraction of sp³-hybridized carbons (Fsp3) is 0.958. The third kappa shape index (κ3) is 3.70. The van der Waals surface area contributed by atoms with Crippen molar-refractivity contribution >= 4 is 5.97 Å². The van der Waals surface area contributed by atoms with Gasteiger partial charge >= 0.3 is 5.97 Å². The molecule has 0 N–H and O–H groups in total. The van der Waals surface area contributed by atoms with Gasteiger partial charge in [-0.3, -0.25) is 4.79 Å². The third-order valence-corrected chi connectivity index (χ3v) is 8.26. The topological polar surface area (TPSA) is 35.5 Å². The highest BCUT2D eigenvalue weighted by molar-refractivity contribution is 5.72. The lowest BCUT2D eigenvalue weighted by Crippen LogP contribution is -2.39. The molecule has 0 saturated heterocycles. The van der Waals surface area contributed by atoms with Crippen molar-refractivity contribution in [2.75, 3.05) is 0 Å². The maximum atomic E-state index is 12.8. The monoisotopic (exact) mass is 376 g/mol. The summed E-state index contributed by atoms with van der Waals surface area (Å²) in [6.07, 6.45) is 7.76. The molecule has 154 valence electrons. The van der Waals surface area contributed by atoms with Crippen LogP contribution < -0.4 is 0 Å². The maximum absolute atomic E-state index is 12.8. The van der Waals surface area contributed by atoms with Crippen LogP contribution in [0.1, 0.15) is 80.1 Å². The lowest BCUT2D eigenvalue weighted by molar-refractivity contribution is -0.199. The second-order valence-electron chi connectivity index (χ2n) is 11.7. The van der Waals surface area contributed by atoms with Crippen LogP contribution in [0.5, 0.6) is 0 Å². The average molecular weight is 377 g/mol. The number of hydrogen-bond donors (Lipinski definition) is 0. The van der Waals surface area contributed by atoms with E-state index in [4.69, 9.17) is 9.47 Å². The summed E-state index contributed by atoms with van der Waals surface area (Å²) in [5.74, 6) is 5.69. The van der Waals surface area contributed by atoms with Gasteiger partial charge in [0.05, 0.1) is 12.0 Å². The van der Waals surface area contributed by atoms with Crippen LogP contribution in [0.2, 0.25) is 0 Å². The minimum absolute atomic E-state index is 0.0500. The zero-order chi connectivity index (χ0) is 19.5. The first-order valence-electron chi connectivity index (χ1n) is 11.5. The van der Waals surface area contributed by atoms with Crippen LogP contribution >= 0.6 is 0 Å². The van der Waals surface area contributed by atoms with E-state index in [1.165, 1.54) is 32.1 Å². The molecule has 4 aliphatic carbocycles. The molecule has 0 aliphatic heterocycles. The zero-order valence-electron chi connectivity index (χ0n) is 18.2. The normalized spacial score (nSPS) is 41.8. The molecule has 3 heteroatoms. The standard InChI is InChI=1S/C24H40O3/c1-13(2)19(12-24(4,5)6)23(25)27-14(3)26-20-11-17-10-18(20)22-16-8-7-15(9-16)21(17)22/h13-22H,7-12H2,1-6H3/t14?,15-,16?,17?,18?,19?,20?,21?,22?/m0/s1. The molecule has 4 bridgehead atoms. The van der Waals surface area contributed by atoms with E-state index >= 15 is 0 Å². The van der Waals surface area contributed by atoms with E-state index in [0.717, 1.165) is 41.9 Å². The molecule has 0 aromatic carbocycles. The molecule has 4 aliphatic rings. The summed E-state index contributed by atoms with van der Waals surface area (Å²) in [5.41, 5.74) is 0.124. The molecule has 4 fully saturated rings. The quantitative estimate of drug-likeness (QED) is 0.340. The summed E-state index contributed by atoms with van der Waals surface area (Å²) in [6, 6.07) is 0. The van der Waals surface area contributed by atoms with Crippen molar-refractivity contribution in [1.29, 1.82) is 0 Å². The summed E-state index contributed by atoms with van der Waals surface area (Å²) < 4.78 is 12.2. The number of carbonyl (C=O) groups excluding carboxylic acids is 1. The number of esters is 1. The van der Waals surface area contributed by atoms with Gasteiger partial charge in [0.1, 0.15) is 0 Å². The summed E-state index contributed by atoms with van der Waals surface area (Å²) in [7, 11) is 0. The van der Waals surface area contributed by atoms with Crippen molar-refractivity contribution in [3.8, 4) is 0 Å². The average Bonchev–Trinajstić information content (AvgIpc) is 3.29. The molecule has 3 nitrogen and oxygen atoms in total. The van der Waals surface area contributed by atoms with Crippen LogP contribution in [0, 0.1) is 52.8 Å². The largest absolute Gasteiger partial charge is 0.436 e. The molecular weight excluding hydrogens is 336 g/mol. The highest BCUT2D eigenvalue weighted by Crippen LogP contribution is 2.67. The number of hydrogen-bond acceptors (Lipinski definition) is 3. The predicted octanol–water partition coefficient (Wildman–Crippen LogP) is 5.67. The van der Waals surface area contributed by atoms with Gasteiger partial charge in [-0.15, -0.1) is 0 Å². The van der Waals surface area contributed by atoms with Gasteiger partial charge in [-0.25, -0.2) is 0 Å². The molecule has 0 aromatic heterocycles. The van der Waals surface area contributed by atoms with Crippen LogP contribution in [0.25, 0.3) is 0 Å². The van der Waals surface area contributed by atoms with Crippen molar-refractivity contribution in [3.05, 3.63) is 0 Å². The maximum Gasteiger partial charge on any atom is 0.311 e. The van der Waals surface area contributed by atoms with E-state index in [1.807, 2.05) is 6.92 Å². The van der Waals surface area contributed by atoms with Gasteiger partial charge in [0, 0.05) is 0 Å². The van der Waals surface area contributed by atoms with Crippen LogP contribution in [0.15, 0.2) is 0 Å². The Morgan fingerprint density at radius 2 is 1.63 bits per heavy atom. The fourth-order valence-electron chi connectivity index (χ4n) is 7.44. The number of rotatable bonds is 6. The summed E-state index contributed by atoms with van der Waals surface area (Å²) in [5, 5.41) is 0. The van der Waals surface area contributed by atoms with E-state index < -0.39 is 6.29 Å². The van der Waals surface area contributed by atoms with E-state index in [0.29, 0.717) is 12.0 Å². The number of carbonyl (C=O) groups is 1. The molecule has 4 saturated carbocycles. The van der Waals surface area contributed by atoms with Gasteiger partial charge in [0.25, 0.3) is 0 Å². The summed E-state index contributed by atoms with van der Waals surface area (Å²) in [4.78, 5) is 12.8. The number of fused-ring (bicyclic) bond motifs is 9. The Morgan fingerprint density at radius 3 is 2.26 bits per heavy atom. The summed E-state index contributed by atoms with van der Waals surface area (Å²) in [6.45, 7) is 12.7. The lowest BCUT2D eigenvalue weighted by atomic mass is 9.70. The van der Waals surface area contributed by atoms with E-state index in [9.17, 15) is 4.79 Å². The first-order valence-corrected chi connectivity index (χ1v) is 11.5. The predicted molar refractivity (Wildman–Crippen MR) is 107 cm³/mol. The molecule has 0 aromatic rings. The molecule has 0 amide bonds. The Bertz CT molecular complexity index is 562. The second kappa shape index (κ2) is 7.04. The summed E-state index contributed by atoms with van der Waals surface area (Å²) >= 11 is 0. The van der Waals surface area contributed by atoms with E-state index in [2.05, 4.69) is 34.6 Å². The van der Waals surface area contributed by atoms with Crippen LogP contribution in [-0.4, -0.2) is 18.4 Å². The lowest BCUT2D eigenvalue weighted by Gasteiger charge is -2.39. The van der Waals surface area contributed by atoms with Crippen LogP contribution in [-0.2, 0) is 14.3 Å². The molecule has 27 heavy (non-hydrogen) atoms. The fourth-order valence-corrected chi connectivity index (χ4v) is 7.44. The first-order chi connectivity index (χ1) is 12.6. The molecule has 0 heterocycles. The van der Waals surface area contributed by atoms with Crippen molar-refractivity contribution in [2.24, 2.45) is 52.8 Å². The Kier molecular flexibility index (Phi) is 5.15. The van der Waals surface area contributed by atoms with Crippen molar-refractivity contribution in [1.82, 2.24) is 0 Å². The van der Waals surface area contributed by atoms with Crippen molar-refractivity contribution in [2.45, 2.75) is 92.5 Å². The Labute approximate surface area is 165 Å². The minimum Gasteiger partial charge on any atom is -0.436 e. The Balaban J connectivity index is 1.32.